The normalized spacial score (nSPS) is 10.3. The van der Waals surface area contributed by atoms with Crippen molar-refractivity contribution >= 4 is 24.0 Å². The highest BCUT2D eigenvalue weighted by atomic mass is 35.5. The van der Waals surface area contributed by atoms with Gasteiger partial charge in [-0.3, -0.25) is 9.89 Å². The molecule has 0 bridgehead atoms. The molecule has 0 spiro atoms. The molecule has 0 saturated carbocycles. The van der Waals surface area contributed by atoms with E-state index < -0.39 is 0 Å². The topological polar surface area (TPSA) is 106 Å². The Labute approximate surface area is 170 Å². The number of ether oxygens (including phenoxy) is 1. The van der Waals surface area contributed by atoms with E-state index >= 15 is 0 Å². The van der Waals surface area contributed by atoms with Crippen LogP contribution in [0.15, 0.2) is 36.4 Å². The number of nitrogens with zero attached hydrogens (tertiary/aromatic N) is 2. The monoisotopic (exact) mass is 401 g/mol. The second-order valence-corrected chi connectivity index (χ2v) is 6.45. The summed E-state index contributed by atoms with van der Waals surface area (Å²) in [6.45, 7) is 6.25. The van der Waals surface area contributed by atoms with Gasteiger partial charge < -0.3 is 15.8 Å². The molecular formula is C20H24ClN5O2. The average Bonchev–Trinajstić information content (AvgIpc) is 3.10. The Bertz CT molecular complexity index is 930. The van der Waals surface area contributed by atoms with E-state index in [9.17, 15) is 4.79 Å². The first kappa shape index (κ1) is 21.4. The van der Waals surface area contributed by atoms with Gasteiger partial charge >= 0.3 is 0 Å². The molecule has 0 fully saturated rings. The van der Waals surface area contributed by atoms with E-state index in [1.54, 1.807) is 12.1 Å². The predicted molar refractivity (Wildman–Crippen MR) is 112 cm³/mol. The molecule has 1 heterocycles. The number of carbonyl (C=O) groups is 1. The van der Waals surface area contributed by atoms with Crippen molar-refractivity contribution in [3.05, 3.63) is 58.9 Å². The molecule has 0 saturated heterocycles. The van der Waals surface area contributed by atoms with Crippen molar-refractivity contribution in [3.8, 4) is 17.1 Å². The van der Waals surface area contributed by atoms with Crippen LogP contribution < -0.4 is 15.8 Å². The van der Waals surface area contributed by atoms with Crippen LogP contribution in [0.25, 0.3) is 11.4 Å². The summed E-state index contributed by atoms with van der Waals surface area (Å²) in [5.41, 5.74) is 10.3. The number of hydrogen-bond acceptors (Lipinski definition) is 5. The third-order valence-electron chi connectivity index (χ3n) is 4.10. The lowest BCUT2D eigenvalue weighted by atomic mass is 10.1. The van der Waals surface area contributed by atoms with Crippen molar-refractivity contribution in [2.45, 2.75) is 27.3 Å². The van der Waals surface area contributed by atoms with E-state index in [0.717, 1.165) is 22.4 Å². The first-order valence-electron chi connectivity index (χ1n) is 8.68. The molecule has 1 aromatic heterocycles. The van der Waals surface area contributed by atoms with Crippen molar-refractivity contribution in [3.63, 3.8) is 0 Å². The van der Waals surface area contributed by atoms with Gasteiger partial charge in [0.05, 0.1) is 6.54 Å². The molecule has 3 aromatic rings. The van der Waals surface area contributed by atoms with E-state index in [4.69, 9.17) is 10.5 Å². The zero-order chi connectivity index (χ0) is 19.4. The van der Waals surface area contributed by atoms with E-state index in [1.165, 1.54) is 5.56 Å². The summed E-state index contributed by atoms with van der Waals surface area (Å²) >= 11 is 0. The van der Waals surface area contributed by atoms with Crippen molar-refractivity contribution in [2.75, 3.05) is 11.9 Å². The number of amides is 1. The second-order valence-electron chi connectivity index (χ2n) is 6.45. The van der Waals surface area contributed by atoms with Crippen LogP contribution in [0.2, 0.25) is 0 Å². The lowest BCUT2D eigenvalue weighted by Gasteiger charge is -2.13. The number of aromatic amines is 1. The molecule has 0 aliphatic heterocycles. The third-order valence-corrected chi connectivity index (χ3v) is 4.10. The first-order valence-corrected chi connectivity index (χ1v) is 8.68. The van der Waals surface area contributed by atoms with E-state index in [2.05, 4.69) is 20.5 Å². The van der Waals surface area contributed by atoms with E-state index in [1.807, 2.05) is 45.0 Å². The molecule has 0 atom stereocenters. The smallest absolute Gasteiger partial charge is 0.262 e. The fraction of sp³-hybridized carbons (Fsp3) is 0.250. The number of nitrogens with two attached hydrogens (primary N) is 1. The summed E-state index contributed by atoms with van der Waals surface area (Å²) in [6, 6.07) is 11.4. The minimum atomic E-state index is -0.217. The van der Waals surface area contributed by atoms with Crippen LogP contribution in [0.4, 0.5) is 5.69 Å². The molecule has 2 aromatic carbocycles. The quantitative estimate of drug-likeness (QED) is 0.587. The van der Waals surface area contributed by atoms with Crippen LogP contribution in [0.3, 0.4) is 0 Å². The van der Waals surface area contributed by atoms with Crippen LogP contribution >= 0.6 is 12.4 Å². The molecule has 4 N–H and O–H groups in total. The van der Waals surface area contributed by atoms with Crippen LogP contribution in [0, 0.1) is 20.8 Å². The predicted octanol–water partition coefficient (Wildman–Crippen LogP) is 3.29. The Morgan fingerprint density at radius 1 is 1.14 bits per heavy atom. The van der Waals surface area contributed by atoms with Gasteiger partial charge in [-0.15, -0.1) is 12.4 Å². The van der Waals surface area contributed by atoms with Gasteiger partial charge in [-0.1, -0.05) is 17.7 Å². The highest BCUT2D eigenvalue weighted by Crippen LogP contribution is 2.24. The Balaban J connectivity index is 0.00000280. The second kappa shape index (κ2) is 9.34. The van der Waals surface area contributed by atoms with Crippen molar-refractivity contribution in [2.24, 2.45) is 5.73 Å². The average molecular weight is 402 g/mol. The van der Waals surface area contributed by atoms with Crippen LogP contribution in [-0.2, 0) is 11.3 Å². The summed E-state index contributed by atoms with van der Waals surface area (Å²) in [5.74, 6) is 1.74. The van der Waals surface area contributed by atoms with Crippen LogP contribution in [0.5, 0.6) is 5.75 Å². The van der Waals surface area contributed by atoms with Gasteiger partial charge in [0.15, 0.2) is 12.4 Å². The Kier molecular flexibility index (Phi) is 7.14. The molecule has 1 amide bonds. The maximum Gasteiger partial charge on any atom is 0.262 e. The lowest BCUT2D eigenvalue weighted by molar-refractivity contribution is -0.118. The number of aryl methyl sites for hydroxylation is 3. The maximum atomic E-state index is 12.2. The molecule has 8 heteroatoms. The van der Waals surface area contributed by atoms with Gasteiger partial charge in [0.1, 0.15) is 11.6 Å². The van der Waals surface area contributed by atoms with Gasteiger partial charge in [0.2, 0.25) is 0 Å². The maximum absolute atomic E-state index is 12.2. The Morgan fingerprint density at radius 3 is 2.36 bits per heavy atom. The third kappa shape index (κ3) is 5.09. The zero-order valence-electron chi connectivity index (χ0n) is 16.1. The highest BCUT2D eigenvalue weighted by molar-refractivity contribution is 5.92. The number of nitrogens with one attached hydrogen (secondary N) is 2. The number of halogens is 1. The minimum Gasteiger partial charge on any atom is -0.483 e. The molecule has 0 radical (unpaired) electrons. The number of anilines is 1. The Morgan fingerprint density at radius 2 is 1.79 bits per heavy atom. The van der Waals surface area contributed by atoms with Crippen molar-refractivity contribution in [1.82, 2.24) is 15.2 Å². The summed E-state index contributed by atoms with van der Waals surface area (Å²) in [7, 11) is 0. The highest BCUT2D eigenvalue weighted by Gasteiger charge is 2.10. The van der Waals surface area contributed by atoms with E-state index in [0.29, 0.717) is 23.9 Å². The Hall–Kier alpha value is -2.90. The fourth-order valence-electron chi connectivity index (χ4n) is 2.95. The summed E-state index contributed by atoms with van der Waals surface area (Å²) in [6.07, 6.45) is 0. The lowest BCUT2D eigenvalue weighted by Crippen LogP contribution is -2.20. The summed E-state index contributed by atoms with van der Waals surface area (Å²) in [5, 5.41) is 9.71. The number of carbonyl (C=O) groups excluding carboxylic acids is 1. The number of rotatable bonds is 6. The van der Waals surface area contributed by atoms with Gasteiger partial charge in [-0.05, 0) is 56.2 Å². The fourth-order valence-corrected chi connectivity index (χ4v) is 2.95. The van der Waals surface area contributed by atoms with Gasteiger partial charge in [0, 0.05) is 11.3 Å². The van der Waals surface area contributed by atoms with Crippen molar-refractivity contribution < 1.29 is 9.53 Å². The molecule has 148 valence electrons. The van der Waals surface area contributed by atoms with Gasteiger partial charge in [-0.2, -0.15) is 5.10 Å². The van der Waals surface area contributed by atoms with Crippen LogP contribution in [0.1, 0.15) is 22.5 Å². The molecular weight excluding hydrogens is 378 g/mol. The largest absolute Gasteiger partial charge is 0.483 e. The number of aromatic nitrogens is 3. The zero-order valence-corrected chi connectivity index (χ0v) is 16.9. The minimum absolute atomic E-state index is 0. The summed E-state index contributed by atoms with van der Waals surface area (Å²) < 4.78 is 5.72. The molecule has 28 heavy (non-hydrogen) atoms. The number of benzene rings is 2. The number of H-pyrrole nitrogens is 1. The molecule has 3 rings (SSSR count). The van der Waals surface area contributed by atoms with Gasteiger partial charge in [0.25, 0.3) is 5.91 Å². The standard InChI is InChI=1S/C20H23N5O2.ClH/c1-12-8-13(2)19(14(3)9-12)27-11-18(26)22-16-6-4-15(5-7-16)20-23-17(10-21)24-25-20;/h4-9H,10-11,21H2,1-3H3,(H,22,26)(H,23,24,25);1H. The van der Waals surface area contributed by atoms with Crippen molar-refractivity contribution in [1.29, 1.82) is 0 Å². The van der Waals surface area contributed by atoms with Gasteiger partial charge in [-0.25, -0.2) is 4.98 Å². The SMILES string of the molecule is Cc1cc(C)c(OCC(=O)Nc2ccc(-c3n[nH]c(CN)n3)cc2)c(C)c1.Cl. The summed E-state index contributed by atoms with van der Waals surface area (Å²) in [4.78, 5) is 16.5. The van der Waals surface area contributed by atoms with Crippen LogP contribution in [-0.4, -0.2) is 27.7 Å². The molecule has 0 aliphatic carbocycles. The molecule has 0 aliphatic rings. The number of hydrogen-bond donors (Lipinski definition) is 3. The van der Waals surface area contributed by atoms with E-state index in [-0.39, 0.29) is 24.9 Å². The first-order chi connectivity index (χ1) is 13.0. The molecule has 0 unspecified atom stereocenters. The molecule has 7 nitrogen and oxygen atoms in total.